The lowest BCUT2D eigenvalue weighted by molar-refractivity contribution is 0.0223. The Morgan fingerprint density at radius 3 is 0.768 bits per heavy atom. The second-order valence-corrected chi connectivity index (χ2v) is 18.0. The average Bonchev–Trinajstić information content (AvgIpc) is 3.21. The second-order valence-electron chi connectivity index (χ2n) is 13.6. The number of unbranched alkanes of at least 4 members (excludes halogenated alkanes) is 4. The molecule has 3 rings (SSSR count). The van der Waals surface area contributed by atoms with Gasteiger partial charge in [-0.25, -0.2) is 0 Å². The highest BCUT2D eigenvalue weighted by atomic mass is 32.2. The zero-order valence-corrected chi connectivity index (χ0v) is 38.3. The first-order chi connectivity index (χ1) is 27.7. The first kappa shape index (κ1) is 49.2. The minimum atomic E-state index is 0.426. The van der Waals surface area contributed by atoms with Gasteiger partial charge in [-0.1, -0.05) is 53.4 Å². The van der Waals surface area contributed by atoms with Crippen molar-refractivity contribution in [2.24, 2.45) is 0 Å². The molecular formula is C44H72O8S4. The van der Waals surface area contributed by atoms with Gasteiger partial charge in [-0.05, 0) is 95.2 Å². The zero-order chi connectivity index (χ0) is 39.7. The number of fused-ring (bicyclic) bond motifs is 2. The van der Waals surface area contributed by atoms with E-state index in [-0.39, 0.29) is 0 Å². The zero-order valence-electron chi connectivity index (χ0n) is 35.0. The number of rotatable bonds is 20. The van der Waals surface area contributed by atoms with Gasteiger partial charge < -0.3 is 37.9 Å². The Morgan fingerprint density at radius 2 is 0.554 bits per heavy atom. The summed E-state index contributed by atoms with van der Waals surface area (Å²) in [7, 11) is 0. The van der Waals surface area contributed by atoms with Gasteiger partial charge in [0.1, 0.15) is 26.4 Å². The maximum Gasteiger partial charge on any atom is 0.161 e. The Morgan fingerprint density at radius 1 is 0.339 bits per heavy atom. The predicted octanol–water partition coefficient (Wildman–Crippen LogP) is 11.1. The third-order valence-electron chi connectivity index (χ3n) is 8.82. The molecule has 0 amide bonds. The Kier molecular flexibility index (Phi) is 29.6. The van der Waals surface area contributed by atoms with Gasteiger partial charge in [-0.15, -0.1) is 0 Å². The quantitative estimate of drug-likeness (QED) is 0.119. The van der Waals surface area contributed by atoms with Crippen molar-refractivity contribution in [1.29, 1.82) is 0 Å². The maximum atomic E-state index is 6.31. The van der Waals surface area contributed by atoms with Crippen molar-refractivity contribution in [3.8, 4) is 23.0 Å². The van der Waals surface area contributed by atoms with Crippen LogP contribution in [0.2, 0.25) is 0 Å². The highest BCUT2D eigenvalue weighted by Crippen LogP contribution is 2.36. The van der Waals surface area contributed by atoms with Crippen LogP contribution >= 0.6 is 47.0 Å². The normalized spacial score (nSPS) is 15.6. The Bertz CT molecular complexity index is 1080. The molecule has 2 aromatic rings. The first-order valence-electron chi connectivity index (χ1n) is 21.1. The van der Waals surface area contributed by atoms with Gasteiger partial charge in [-0.3, -0.25) is 0 Å². The molecule has 56 heavy (non-hydrogen) atoms. The third kappa shape index (κ3) is 21.8. The molecule has 0 radical (unpaired) electrons. The molecule has 2 aromatic carbocycles. The highest BCUT2D eigenvalue weighted by Gasteiger charge is 2.16. The number of ether oxygens (including phenoxy) is 8. The van der Waals surface area contributed by atoms with Crippen LogP contribution in [0.3, 0.4) is 0 Å². The van der Waals surface area contributed by atoms with E-state index in [1.54, 1.807) is 0 Å². The molecule has 12 heteroatoms. The molecule has 1 aliphatic rings. The largest absolute Gasteiger partial charge is 0.487 e. The summed E-state index contributed by atoms with van der Waals surface area (Å²) >= 11 is 7.98. The van der Waals surface area contributed by atoms with Crippen molar-refractivity contribution in [1.82, 2.24) is 0 Å². The monoisotopic (exact) mass is 856 g/mol. The van der Waals surface area contributed by atoms with Gasteiger partial charge in [0.05, 0.1) is 52.9 Å². The van der Waals surface area contributed by atoms with E-state index in [2.05, 4.69) is 52.0 Å². The topological polar surface area (TPSA) is 73.8 Å². The molecule has 0 saturated heterocycles. The number of hydrogen-bond donors (Lipinski definition) is 0. The molecule has 0 saturated carbocycles. The van der Waals surface area contributed by atoms with Crippen LogP contribution in [0.15, 0.2) is 24.3 Å². The third-order valence-corrected chi connectivity index (χ3v) is 13.2. The van der Waals surface area contributed by atoms with Gasteiger partial charge in [0, 0.05) is 23.0 Å². The second kappa shape index (κ2) is 33.7. The van der Waals surface area contributed by atoms with Crippen molar-refractivity contribution in [3.63, 3.8) is 0 Å². The fourth-order valence-electron chi connectivity index (χ4n) is 5.48. The fraction of sp³-hybridized carbons (Fsp3) is 0.727. The Hall–Kier alpha value is -1.12. The summed E-state index contributed by atoms with van der Waals surface area (Å²) in [5, 5.41) is 0. The number of benzene rings is 2. The highest BCUT2D eigenvalue weighted by molar-refractivity contribution is 7.99. The number of thioether (sulfide) groups is 4. The summed E-state index contributed by atoms with van der Waals surface area (Å²) in [5.74, 6) is 11.6. The minimum absolute atomic E-state index is 0.426. The van der Waals surface area contributed by atoms with Crippen molar-refractivity contribution < 1.29 is 37.9 Å². The molecule has 0 aromatic heterocycles. The van der Waals surface area contributed by atoms with Crippen LogP contribution < -0.4 is 18.9 Å². The molecule has 0 N–H and O–H groups in total. The summed E-state index contributed by atoms with van der Waals surface area (Å²) in [6.07, 6.45) is 9.77. The van der Waals surface area contributed by atoms with E-state index in [1.807, 2.05) is 47.0 Å². The number of hydrogen-bond acceptors (Lipinski definition) is 12. The summed E-state index contributed by atoms with van der Waals surface area (Å²) in [6.45, 7) is 14.4. The Balaban J connectivity index is 1.65. The van der Waals surface area contributed by atoms with Crippen LogP contribution in [-0.2, 0) is 42.0 Å². The van der Waals surface area contributed by atoms with Crippen LogP contribution in [0, 0.1) is 0 Å². The molecule has 0 spiro atoms. The molecule has 320 valence electrons. The van der Waals surface area contributed by atoms with Crippen LogP contribution in [0.1, 0.15) is 101 Å². The van der Waals surface area contributed by atoms with Gasteiger partial charge in [0.2, 0.25) is 0 Å². The van der Waals surface area contributed by atoms with Crippen LogP contribution in [0.4, 0.5) is 0 Å². The standard InChI is InChI=1S/C44H72O8S4/c1-5-9-25-53-33-37-29-41-42(30-38(37)34-54-26-10-6-2)50-22-18-46-15-16-48-20-24-52-44-32-40(36-56-28-12-8-4)39(35-55-27-11-7-3)31-43(44)51-23-19-47-14-13-45-17-21-49-41/h29-32H,5-28,33-36H2,1-4H3. The van der Waals surface area contributed by atoms with Crippen molar-refractivity contribution in [3.05, 3.63) is 46.5 Å². The summed E-state index contributed by atoms with van der Waals surface area (Å²) in [4.78, 5) is 0. The lowest BCUT2D eigenvalue weighted by atomic mass is 10.1. The van der Waals surface area contributed by atoms with Crippen molar-refractivity contribution in [2.75, 3.05) is 102 Å². The van der Waals surface area contributed by atoms with E-state index in [1.165, 1.54) is 73.6 Å². The minimum Gasteiger partial charge on any atom is -0.487 e. The molecule has 0 aliphatic carbocycles. The van der Waals surface area contributed by atoms with Crippen LogP contribution in [0.25, 0.3) is 0 Å². The smallest absolute Gasteiger partial charge is 0.161 e. The fourth-order valence-corrected chi connectivity index (χ4v) is 9.98. The molecule has 1 heterocycles. The maximum absolute atomic E-state index is 6.31. The van der Waals surface area contributed by atoms with Crippen molar-refractivity contribution in [2.45, 2.75) is 102 Å². The van der Waals surface area contributed by atoms with E-state index in [4.69, 9.17) is 37.9 Å². The lowest BCUT2D eigenvalue weighted by Crippen LogP contribution is -2.16. The van der Waals surface area contributed by atoms with Gasteiger partial charge in [0.15, 0.2) is 23.0 Å². The summed E-state index contributed by atoms with van der Waals surface area (Å²) in [5.41, 5.74) is 5.30. The lowest BCUT2D eigenvalue weighted by Gasteiger charge is -2.19. The first-order valence-corrected chi connectivity index (χ1v) is 25.8. The Labute approximate surface area is 357 Å². The average molecular weight is 857 g/mol. The molecule has 8 nitrogen and oxygen atoms in total. The summed E-state index contributed by atoms with van der Waals surface area (Å²) in [6, 6.07) is 8.75. The van der Waals surface area contributed by atoms with Gasteiger partial charge in [-0.2, -0.15) is 47.0 Å². The predicted molar refractivity (Wildman–Crippen MR) is 242 cm³/mol. The van der Waals surface area contributed by atoms with Crippen molar-refractivity contribution >= 4 is 47.0 Å². The van der Waals surface area contributed by atoms with E-state index in [0.29, 0.717) is 79.3 Å². The molecular weight excluding hydrogens is 785 g/mol. The molecule has 0 fully saturated rings. The molecule has 0 bridgehead atoms. The van der Waals surface area contributed by atoms with E-state index in [9.17, 15) is 0 Å². The summed E-state index contributed by atoms with van der Waals surface area (Å²) < 4.78 is 48.8. The SMILES string of the molecule is CCCCSCc1cc2c(cc1CSCCCC)OCCOCCOCCOc1cc(CSCCCC)c(CSCCCC)cc1OCCOCCOCCO2. The van der Waals surface area contributed by atoms with E-state index in [0.717, 1.165) is 69.0 Å². The van der Waals surface area contributed by atoms with E-state index >= 15 is 0 Å². The van der Waals surface area contributed by atoms with Crippen LogP contribution in [0.5, 0.6) is 23.0 Å². The van der Waals surface area contributed by atoms with Gasteiger partial charge in [0.25, 0.3) is 0 Å². The molecule has 0 unspecified atom stereocenters. The van der Waals surface area contributed by atoms with E-state index < -0.39 is 0 Å². The molecule has 0 atom stereocenters. The van der Waals surface area contributed by atoms with Gasteiger partial charge >= 0.3 is 0 Å². The molecule has 1 aliphatic heterocycles. The van der Waals surface area contributed by atoms with Crippen LogP contribution in [-0.4, -0.2) is 102 Å².